The normalized spacial score (nSPS) is 9.92. The second-order valence-corrected chi connectivity index (χ2v) is 2.62. The van der Waals surface area contributed by atoms with E-state index in [1.54, 1.807) is 7.11 Å². The van der Waals surface area contributed by atoms with Gasteiger partial charge in [0.15, 0.2) is 5.69 Å². The van der Waals surface area contributed by atoms with E-state index in [2.05, 4.69) is 14.2 Å². The van der Waals surface area contributed by atoms with Crippen LogP contribution in [0.15, 0.2) is 6.20 Å². The molecule has 1 aromatic rings. The molecule has 0 aliphatic rings. The van der Waals surface area contributed by atoms with Crippen molar-refractivity contribution in [3.63, 3.8) is 0 Å². The maximum atomic E-state index is 11.1. The minimum absolute atomic E-state index is 0.252. The lowest BCUT2D eigenvalue weighted by molar-refractivity contribution is 0.00863. The first-order valence-electron chi connectivity index (χ1n) is 3.53. The predicted octanol–water partition coefficient (Wildman–Crippen LogP) is -0.154. The lowest BCUT2D eigenvalue weighted by Crippen LogP contribution is -2.25. The average molecular weight is 203 g/mol. The molecule has 0 atom stereocenters. The van der Waals surface area contributed by atoms with Crippen molar-refractivity contribution in [3.8, 4) is 0 Å². The lowest BCUT2D eigenvalue weighted by atomic mass is 10.5. The maximum absolute atomic E-state index is 11.1. The summed E-state index contributed by atoms with van der Waals surface area (Å²) in [7, 11) is 1.55. The van der Waals surface area contributed by atoms with Crippen molar-refractivity contribution in [2.75, 3.05) is 20.3 Å². The smallest absolute Gasteiger partial charge is 0.296 e. The molecule has 1 rings (SSSR count). The van der Waals surface area contributed by atoms with Crippen molar-refractivity contribution in [3.05, 3.63) is 11.9 Å². The van der Waals surface area contributed by atoms with E-state index in [-0.39, 0.29) is 5.69 Å². The minimum Gasteiger partial charge on any atom is -0.382 e. The summed E-state index contributed by atoms with van der Waals surface area (Å²) >= 11 is 0.971. The summed E-state index contributed by atoms with van der Waals surface area (Å²) < 4.78 is 12.1. The van der Waals surface area contributed by atoms with Crippen LogP contribution in [0.25, 0.3) is 0 Å². The second kappa shape index (κ2) is 5.57. The number of aromatic nitrogens is 2. The van der Waals surface area contributed by atoms with Crippen LogP contribution >= 0.6 is 11.7 Å². The van der Waals surface area contributed by atoms with Gasteiger partial charge in [0.25, 0.3) is 5.91 Å². The number of carbonyl (C=O) groups is 1. The number of amides is 1. The Hall–Kier alpha value is -1.05. The highest BCUT2D eigenvalue weighted by Gasteiger charge is 2.07. The molecular formula is C6H9N3O3S. The van der Waals surface area contributed by atoms with Crippen LogP contribution in [0.2, 0.25) is 0 Å². The molecule has 1 heterocycles. The van der Waals surface area contributed by atoms with Crippen LogP contribution in [0.5, 0.6) is 0 Å². The zero-order chi connectivity index (χ0) is 9.52. The van der Waals surface area contributed by atoms with Crippen molar-refractivity contribution in [1.29, 1.82) is 0 Å². The fourth-order valence-electron chi connectivity index (χ4n) is 0.559. The maximum Gasteiger partial charge on any atom is 0.296 e. The summed E-state index contributed by atoms with van der Waals surface area (Å²) in [5, 5.41) is 0. The number of ether oxygens (including phenoxy) is 1. The molecule has 1 amide bonds. The molecule has 0 aromatic carbocycles. The number of rotatable bonds is 5. The fraction of sp³-hybridized carbons (Fsp3) is 0.500. The van der Waals surface area contributed by atoms with E-state index in [0.29, 0.717) is 13.2 Å². The molecule has 0 radical (unpaired) electrons. The van der Waals surface area contributed by atoms with Crippen molar-refractivity contribution < 1.29 is 14.4 Å². The van der Waals surface area contributed by atoms with Gasteiger partial charge in [-0.3, -0.25) is 9.63 Å². The Bertz CT molecular complexity index is 252. The first-order valence-corrected chi connectivity index (χ1v) is 4.26. The predicted molar refractivity (Wildman–Crippen MR) is 45.2 cm³/mol. The molecular weight excluding hydrogens is 194 g/mol. The van der Waals surface area contributed by atoms with E-state index >= 15 is 0 Å². The third-order valence-electron chi connectivity index (χ3n) is 1.15. The highest BCUT2D eigenvalue weighted by atomic mass is 32.1. The van der Waals surface area contributed by atoms with Crippen LogP contribution in [0.4, 0.5) is 0 Å². The summed E-state index contributed by atoms with van der Waals surface area (Å²) in [6.45, 7) is 0.732. The SMILES string of the molecule is COCCONC(=O)c1cnsn1. The first-order chi connectivity index (χ1) is 6.34. The Morgan fingerprint density at radius 3 is 3.15 bits per heavy atom. The van der Waals surface area contributed by atoms with Gasteiger partial charge in [0.2, 0.25) is 0 Å². The van der Waals surface area contributed by atoms with Crippen LogP contribution in [0, 0.1) is 0 Å². The molecule has 72 valence electrons. The molecule has 7 heteroatoms. The fourth-order valence-corrected chi connectivity index (χ4v) is 0.971. The topological polar surface area (TPSA) is 73.3 Å². The molecule has 0 aliphatic carbocycles. The monoisotopic (exact) mass is 203 g/mol. The van der Waals surface area contributed by atoms with Gasteiger partial charge in [0.1, 0.15) is 0 Å². The zero-order valence-corrected chi connectivity index (χ0v) is 7.84. The van der Waals surface area contributed by atoms with Crippen LogP contribution in [-0.2, 0) is 9.57 Å². The molecule has 13 heavy (non-hydrogen) atoms. The molecule has 0 saturated heterocycles. The summed E-state index contributed by atoms with van der Waals surface area (Å²) in [5.74, 6) is -0.398. The van der Waals surface area contributed by atoms with E-state index < -0.39 is 5.91 Å². The summed E-state index contributed by atoms with van der Waals surface area (Å²) in [5.41, 5.74) is 2.46. The molecule has 0 spiro atoms. The van der Waals surface area contributed by atoms with Crippen LogP contribution in [-0.4, -0.2) is 35.0 Å². The van der Waals surface area contributed by atoms with Crippen molar-refractivity contribution in [1.82, 2.24) is 14.2 Å². The number of nitrogens with zero attached hydrogens (tertiary/aromatic N) is 2. The molecule has 1 N–H and O–H groups in total. The molecule has 0 saturated carbocycles. The summed E-state index contributed by atoms with van der Waals surface area (Å²) in [6, 6.07) is 0. The Morgan fingerprint density at radius 2 is 2.54 bits per heavy atom. The molecule has 0 aliphatic heterocycles. The lowest BCUT2D eigenvalue weighted by Gasteiger charge is -2.02. The molecule has 6 nitrogen and oxygen atoms in total. The number of hydrogen-bond acceptors (Lipinski definition) is 6. The van der Waals surface area contributed by atoms with Gasteiger partial charge in [0.05, 0.1) is 31.1 Å². The Morgan fingerprint density at radius 1 is 1.69 bits per heavy atom. The molecule has 0 unspecified atom stereocenters. The largest absolute Gasteiger partial charge is 0.382 e. The Kier molecular flexibility index (Phi) is 4.30. The quantitative estimate of drug-likeness (QED) is 0.532. The molecule has 0 fully saturated rings. The van der Waals surface area contributed by atoms with Crippen LogP contribution in [0.3, 0.4) is 0 Å². The number of nitrogens with one attached hydrogen (secondary N) is 1. The number of methoxy groups -OCH3 is 1. The van der Waals surface area contributed by atoms with Crippen LogP contribution in [0.1, 0.15) is 10.5 Å². The van der Waals surface area contributed by atoms with E-state index in [9.17, 15) is 4.79 Å². The van der Waals surface area contributed by atoms with E-state index in [4.69, 9.17) is 9.57 Å². The number of carbonyl (C=O) groups excluding carboxylic acids is 1. The third-order valence-corrected chi connectivity index (χ3v) is 1.63. The summed E-state index contributed by atoms with van der Waals surface area (Å²) in [6.07, 6.45) is 1.37. The third kappa shape index (κ3) is 3.45. The zero-order valence-electron chi connectivity index (χ0n) is 7.02. The molecule has 0 bridgehead atoms. The van der Waals surface area contributed by atoms with Gasteiger partial charge >= 0.3 is 0 Å². The van der Waals surface area contributed by atoms with Gasteiger partial charge in [0, 0.05) is 7.11 Å². The van der Waals surface area contributed by atoms with E-state index in [1.165, 1.54) is 6.20 Å². The van der Waals surface area contributed by atoms with Crippen LogP contribution < -0.4 is 5.48 Å². The highest BCUT2D eigenvalue weighted by molar-refractivity contribution is 6.99. The van der Waals surface area contributed by atoms with Crippen molar-refractivity contribution >= 4 is 17.6 Å². The van der Waals surface area contributed by atoms with E-state index in [0.717, 1.165) is 11.7 Å². The average Bonchev–Trinajstić information content (AvgIpc) is 2.65. The van der Waals surface area contributed by atoms with Gasteiger partial charge in [-0.05, 0) is 0 Å². The Labute approximate surface area is 79.1 Å². The van der Waals surface area contributed by atoms with Gasteiger partial charge < -0.3 is 4.74 Å². The summed E-state index contributed by atoms with van der Waals surface area (Å²) in [4.78, 5) is 15.9. The standard InChI is InChI=1S/C6H9N3O3S/c1-11-2-3-12-8-6(10)5-4-7-13-9-5/h4H,2-3H2,1H3,(H,8,10). The van der Waals surface area contributed by atoms with Gasteiger partial charge in [-0.2, -0.15) is 8.75 Å². The Balaban J connectivity index is 2.19. The van der Waals surface area contributed by atoms with Gasteiger partial charge in [-0.25, -0.2) is 5.48 Å². The molecule has 1 aromatic heterocycles. The first kappa shape index (κ1) is 10.0. The van der Waals surface area contributed by atoms with Crippen molar-refractivity contribution in [2.45, 2.75) is 0 Å². The van der Waals surface area contributed by atoms with Gasteiger partial charge in [-0.15, -0.1) is 0 Å². The highest BCUT2D eigenvalue weighted by Crippen LogP contribution is 1.93. The number of hydrogen-bond donors (Lipinski definition) is 1. The van der Waals surface area contributed by atoms with E-state index in [1.807, 2.05) is 0 Å². The van der Waals surface area contributed by atoms with Crippen molar-refractivity contribution in [2.24, 2.45) is 0 Å². The second-order valence-electron chi connectivity index (χ2n) is 2.07. The minimum atomic E-state index is -0.398. The van der Waals surface area contributed by atoms with Gasteiger partial charge in [-0.1, -0.05) is 0 Å². The number of hydroxylamine groups is 1.